The van der Waals surface area contributed by atoms with E-state index in [0.29, 0.717) is 61.0 Å². The zero-order chi connectivity index (χ0) is 24.1. The van der Waals surface area contributed by atoms with Gasteiger partial charge in [-0.25, -0.2) is 0 Å². The Labute approximate surface area is 199 Å². The van der Waals surface area contributed by atoms with E-state index in [9.17, 15) is 14.4 Å². The molecule has 2 aliphatic rings. The van der Waals surface area contributed by atoms with Crippen molar-refractivity contribution in [1.82, 2.24) is 15.5 Å². The van der Waals surface area contributed by atoms with Crippen LogP contribution in [-0.2, 0) is 4.79 Å². The van der Waals surface area contributed by atoms with Crippen LogP contribution in [0.25, 0.3) is 0 Å². The molecule has 2 aromatic carbocycles. The summed E-state index contributed by atoms with van der Waals surface area (Å²) in [6.45, 7) is 5.77. The Morgan fingerprint density at radius 3 is 2.38 bits per heavy atom. The Kier molecular flexibility index (Phi) is 7.35. The number of nitrogens with one attached hydrogen (secondary N) is 2. The van der Waals surface area contributed by atoms with Crippen molar-refractivity contribution < 1.29 is 23.9 Å². The van der Waals surface area contributed by atoms with E-state index in [1.165, 1.54) is 0 Å². The second-order valence-electron chi connectivity index (χ2n) is 9.15. The third-order valence-electron chi connectivity index (χ3n) is 6.21. The summed E-state index contributed by atoms with van der Waals surface area (Å²) in [4.78, 5) is 40.7. The summed E-state index contributed by atoms with van der Waals surface area (Å²) in [5.74, 6) is 0.913. The maximum atomic E-state index is 13.0. The number of hydrogen-bond donors (Lipinski definition) is 2. The molecule has 1 saturated heterocycles. The van der Waals surface area contributed by atoms with E-state index in [-0.39, 0.29) is 30.4 Å². The highest BCUT2D eigenvalue weighted by Gasteiger charge is 2.34. The predicted octanol–water partition coefficient (Wildman–Crippen LogP) is 2.84. The molecular formula is C26H31N3O5. The molecule has 0 aliphatic carbocycles. The molecule has 8 nitrogen and oxygen atoms in total. The number of ether oxygens (including phenoxy) is 2. The van der Waals surface area contributed by atoms with Gasteiger partial charge in [0.15, 0.2) is 11.5 Å². The number of amides is 3. The summed E-state index contributed by atoms with van der Waals surface area (Å²) < 4.78 is 10.7. The first-order valence-electron chi connectivity index (χ1n) is 11.7. The van der Waals surface area contributed by atoms with Gasteiger partial charge < -0.3 is 25.0 Å². The summed E-state index contributed by atoms with van der Waals surface area (Å²) >= 11 is 0. The van der Waals surface area contributed by atoms with Crippen molar-refractivity contribution >= 4 is 17.7 Å². The average Bonchev–Trinajstić information content (AvgIpc) is 3.34. The molecule has 2 aliphatic heterocycles. The van der Waals surface area contributed by atoms with Crippen LogP contribution >= 0.6 is 0 Å². The topological polar surface area (TPSA) is 97.0 Å². The van der Waals surface area contributed by atoms with Crippen LogP contribution in [0.2, 0.25) is 0 Å². The van der Waals surface area contributed by atoms with Crippen LogP contribution in [0.4, 0.5) is 0 Å². The van der Waals surface area contributed by atoms with Crippen LogP contribution in [0.1, 0.15) is 47.4 Å². The molecule has 3 amide bonds. The third-order valence-corrected chi connectivity index (χ3v) is 6.21. The molecule has 0 bridgehead atoms. The van der Waals surface area contributed by atoms with E-state index in [2.05, 4.69) is 10.6 Å². The molecule has 34 heavy (non-hydrogen) atoms. The lowest BCUT2D eigenvalue weighted by molar-refractivity contribution is -0.124. The lowest BCUT2D eigenvalue weighted by atomic mass is 9.88. The first kappa shape index (κ1) is 23.6. The number of carbonyl (C=O) groups is 3. The van der Waals surface area contributed by atoms with Crippen molar-refractivity contribution in [3.8, 4) is 11.5 Å². The van der Waals surface area contributed by atoms with Crippen LogP contribution in [0.5, 0.6) is 11.5 Å². The van der Waals surface area contributed by atoms with Gasteiger partial charge in [0.2, 0.25) is 12.7 Å². The highest BCUT2D eigenvalue weighted by Crippen LogP contribution is 2.33. The van der Waals surface area contributed by atoms with Crippen molar-refractivity contribution in [2.24, 2.45) is 11.8 Å². The van der Waals surface area contributed by atoms with Crippen molar-refractivity contribution in [2.75, 3.05) is 26.4 Å². The number of likely N-dealkylation sites (tertiary alicyclic amines) is 1. The van der Waals surface area contributed by atoms with E-state index in [1.807, 2.05) is 19.9 Å². The second-order valence-corrected chi connectivity index (χ2v) is 9.15. The van der Waals surface area contributed by atoms with Crippen molar-refractivity contribution in [2.45, 2.75) is 32.7 Å². The molecule has 1 atom stereocenters. The Bertz CT molecular complexity index is 1030. The number of nitrogens with zero attached hydrogens (tertiary/aromatic N) is 1. The van der Waals surface area contributed by atoms with Gasteiger partial charge in [0.1, 0.15) is 6.04 Å². The largest absolute Gasteiger partial charge is 0.454 e. The smallest absolute Gasteiger partial charge is 0.253 e. The molecule has 4 rings (SSSR count). The minimum Gasteiger partial charge on any atom is -0.454 e. The number of carbonyl (C=O) groups excluding carboxylic acids is 3. The van der Waals surface area contributed by atoms with E-state index >= 15 is 0 Å². The quantitative estimate of drug-likeness (QED) is 0.656. The van der Waals surface area contributed by atoms with E-state index in [1.54, 1.807) is 47.4 Å². The molecular weight excluding hydrogens is 434 g/mol. The fourth-order valence-electron chi connectivity index (χ4n) is 4.27. The minimum absolute atomic E-state index is 0.0689. The van der Waals surface area contributed by atoms with Crippen LogP contribution < -0.4 is 20.1 Å². The van der Waals surface area contributed by atoms with Gasteiger partial charge in [0.25, 0.3) is 11.8 Å². The van der Waals surface area contributed by atoms with Gasteiger partial charge in [-0.1, -0.05) is 32.0 Å². The molecule has 1 fully saturated rings. The highest BCUT2D eigenvalue weighted by molar-refractivity contribution is 5.98. The van der Waals surface area contributed by atoms with Crippen molar-refractivity contribution in [1.29, 1.82) is 0 Å². The van der Waals surface area contributed by atoms with Gasteiger partial charge in [-0.2, -0.15) is 0 Å². The molecule has 1 unspecified atom stereocenters. The molecule has 180 valence electrons. The monoisotopic (exact) mass is 465 g/mol. The minimum atomic E-state index is -0.658. The van der Waals surface area contributed by atoms with Gasteiger partial charge in [-0.15, -0.1) is 0 Å². The van der Waals surface area contributed by atoms with Crippen molar-refractivity contribution in [3.05, 3.63) is 59.7 Å². The molecule has 8 heteroatoms. The molecule has 0 radical (unpaired) electrons. The first-order valence-corrected chi connectivity index (χ1v) is 11.7. The zero-order valence-electron chi connectivity index (χ0n) is 19.6. The summed E-state index contributed by atoms with van der Waals surface area (Å²) in [6.07, 6.45) is 1.23. The van der Waals surface area contributed by atoms with E-state index < -0.39 is 6.04 Å². The maximum Gasteiger partial charge on any atom is 0.253 e. The van der Waals surface area contributed by atoms with E-state index in [0.717, 1.165) is 0 Å². The SMILES string of the molecule is CC(C)CNC(=O)C(NC(=O)c1ccccc1)C1CCN(C(=O)c2ccc3c(c2)OCO3)CC1. The van der Waals surface area contributed by atoms with Crippen LogP contribution in [0.15, 0.2) is 48.5 Å². The van der Waals surface area contributed by atoms with E-state index in [4.69, 9.17) is 9.47 Å². The van der Waals surface area contributed by atoms with Crippen LogP contribution in [0.3, 0.4) is 0 Å². The van der Waals surface area contributed by atoms with Gasteiger partial charge in [0, 0.05) is 30.8 Å². The van der Waals surface area contributed by atoms with Gasteiger partial charge in [-0.3, -0.25) is 14.4 Å². The van der Waals surface area contributed by atoms with Crippen molar-refractivity contribution in [3.63, 3.8) is 0 Å². The molecule has 2 aromatic rings. The fraction of sp³-hybridized carbons (Fsp3) is 0.423. The Morgan fingerprint density at radius 1 is 0.971 bits per heavy atom. The molecule has 0 aromatic heterocycles. The number of hydrogen-bond acceptors (Lipinski definition) is 5. The van der Waals surface area contributed by atoms with Gasteiger partial charge in [0.05, 0.1) is 0 Å². The number of rotatable bonds is 7. The molecule has 0 spiro atoms. The molecule has 2 N–H and O–H groups in total. The summed E-state index contributed by atoms with van der Waals surface area (Å²) in [5, 5.41) is 5.91. The second kappa shape index (κ2) is 10.6. The van der Waals surface area contributed by atoms with Crippen LogP contribution in [-0.4, -0.2) is 55.1 Å². The normalized spacial score (nSPS) is 16.3. The standard InChI is InChI=1S/C26H31N3O5/c1-17(2)15-27-25(31)23(28-24(30)19-6-4-3-5-7-19)18-10-12-29(13-11-18)26(32)20-8-9-21-22(14-20)34-16-33-21/h3-9,14,17-18,23H,10-13,15-16H2,1-2H3,(H,27,31)(H,28,30). The summed E-state index contributed by atoms with van der Waals surface area (Å²) in [6, 6.07) is 13.4. The van der Waals surface area contributed by atoms with Gasteiger partial charge in [-0.05, 0) is 55.0 Å². The highest BCUT2D eigenvalue weighted by atomic mass is 16.7. The third kappa shape index (κ3) is 5.50. The summed E-state index contributed by atoms with van der Waals surface area (Å²) in [7, 11) is 0. The maximum absolute atomic E-state index is 13.0. The van der Waals surface area contributed by atoms with Gasteiger partial charge >= 0.3 is 0 Å². The van der Waals surface area contributed by atoms with Crippen LogP contribution in [0, 0.1) is 11.8 Å². The molecule has 2 heterocycles. The lowest BCUT2D eigenvalue weighted by Gasteiger charge is -2.36. The predicted molar refractivity (Wildman–Crippen MR) is 127 cm³/mol. The number of benzene rings is 2. The zero-order valence-corrected chi connectivity index (χ0v) is 19.6. The average molecular weight is 466 g/mol. The first-order chi connectivity index (χ1) is 16.4. The Balaban J connectivity index is 1.41. The summed E-state index contributed by atoms with van der Waals surface area (Å²) in [5.41, 5.74) is 1.06. The molecule has 0 saturated carbocycles. The fourth-order valence-corrected chi connectivity index (χ4v) is 4.27. The lowest BCUT2D eigenvalue weighted by Crippen LogP contribution is -2.54. The number of fused-ring (bicyclic) bond motifs is 1. The number of piperidine rings is 1. The Hall–Kier alpha value is -3.55. The Morgan fingerprint density at radius 2 is 1.68 bits per heavy atom.